The SMILES string of the molecule is CN(C)[P+](N=Nc1ccc(Cl)cc1)(N(C)C)N(C)C. The van der Waals surface area contributed by atoms with Crippen molar-refractivity contribution in [1.82, 2.24) is 14.0 Å². The molecule has 5 nitrogen and oxygen atoms in total. The highest BCUT2D eigenvalue weighted by atomic mass is 35.5. The van der Waals surface area contributed by atoms with E-state index in [0.717, 1.165) is 5.69 Å². The Morgan fingerprint density at radius 1 is 0.842 bits per heavy atom. The van der Waals surface area contributed by atoms with Crippen LogP contribution in [0.4, 0.5) is 5.69 Å². The summed E-state index contributed by atoms with van der Waals surface area (Å²) in [5, 5.41) is 5.08. The highest BCUT2D eigenvalue weighted by Crippen LogP contribution is 2.65. The lowest BCUT2D eigenvalue weighted by Gasteiger charge is -2.33. The van der Waals surface area contributed by atoms with Gasteiger partial charge in [-0.25, -0.2) is 0 Å². The van der Waals surface area contributed by atoms with Crippen LogP contribution in [0.2, 0.25) is 5.02 Å². The molecule has 0 spiro atoms. The third kappa shape index (κ3) is 3.71. The van der Waals surface area contributed by atoms with E-state index in [1.54, 1.807) is 0 Å². The Labute approximate surface area is 121 Å². The Morgan fingerprint density at radius 2 is 1.26 bits per heavy atom. The standard InChI is InChI=1S/C12H22ClN5P/c1-16(2)19(17(3)4,18(5)6)15-14-12-9-7-11(13)8-10-12/h7-10H,1-6H3/q+1. The molecule has 0 atom stereocenters. The van der Waals surface area contributed by atoms with Crippen molar-refractivity contribution in [3.63, 3.8) is 0 Å². The van der Waals surface area contributed by atoms with Crippen molar-refractivity contribution in [2.75, 3.05) is 42.3 Å². The molecule has 0 N–H and O–H groups in total. The predicted molar refractivity (Wildman–Crippen MR) is 83.9 cm³/mol. The van der Waals surface area contributed by atoms with E-state index in [2.05, 4.69) is 24.0 Å². The van der Waals surface area contributed by atoms with Crippen LogP contribution in [0, 0.1) is 0 Å². The average Bonchev–Trinajstić information content (AvgIpc) is 2.30. The molecule has 0 aliphatic rings. The molecule has 0 fully saturated rings. The molecular weight excluding hydrogens is 281 g/mol. The van der Waals surface area contributed by atoms with Gasteiger partial charge < -0.3 is 0 Å². The van der Waals surface area contributed by atoms with E-state index in [1.165, 1.54) is 0 Å². The first kappa shape index (κ1) is 16.5. The van der Waals surface area contributed by atoms with Crippen molar-refractivity contribution in [2.45, 2.75) is 0 Å². The van der Waals surface area contributed by atoms with E-state index in [0.29, 0.717) is 5.02 Å². The minimum atomic E-state index is -1.96. The summed E-state index contributed by atoms with van der Waals surface area (Å²) >= 11 is 5.86. The van der Waals surface area contributed by atoms with Gasteiger partial charge in [-0.05, 0) is 24.3 Å². The minimum Gasteiger partial charge on any atom is -0.132 e. The highest BCUT2D eigenvalue weighted by molar-refractivity contribution is 7.67. The molecule has 0 aliphatic heterocycles. The summed E-state index contributed by atoms with van der Waals surface area (Å²) in [6.07, 6.45) is 0. The van der Waals surface area contributed by atoms with Crippen molar-refractivity contribution in [2.24, 2.45) is 10.00 Å². The largest absolute Gasteiger partial charge is 0.377 e. The smallest absolute Gasteiger partial charge is 0.132 e. The molecule has 0 heterocycles. The van der Waals surface area contributed by atoms with Gasteiger partial charge in [0.25, 0.3) is 0 Å². The number of nitrogens with zero attached hydrogens (tertiary/aromatic N) is 5. The first-order valence-corrected chi connectivity index (χ1v) is 7.90. The second kappa shape index (κ2) is 6.73. The lowest BCUT2D eigenvalue weighted by molar-refractivity contribution is 0.457. The lowest BCUT2D eigenvalue weighted by atomic mass is 10.3. The molecule has 0 saturated heterocycles. The van der Waals surface area contributed by atoms with Gasteiger partial charge in [0.1, 0.15) is 0 Å². The van der Waals surface area contributed by atoms with Crippen molar-refractivity contribution >= 4 is 25.2 Å². The fourth-order valence-electron chi connectivity index (χ4n) is 1.93. The summed E-state index contributed by atoms with van der Waals surface area (Å²) in [4.78, 5) is 4.62. The number of rotatable bonds is 5. The van der Waals surface area contributed by atoms with Crippen LogP contribution in [0.5, 0.6) is 0 Å². The Morgan fingerprint density at radius 3 is 1.63 bits per heavy atom. The molecule has 0 aliphatic carbocycles. The maximum Gasteiger partial charge on any atom is 0.377 e. The molecule has 0 amide bonds. The van der Waals surface area contributed by atoms with Gasteiger partial charge in [-0.1, -0.05) is 11.6 Å². The molecule has 1 aromatic carbocycles. The van der Waals surface area contributed by atoms with E-state index < -0.39 is 7.87 Å². The molecule has 106 valence electrons. The van der Waals surface area contributed by atoms with Crippen LogP contribution in [0.1, 0.15) is 0 Å². The highest BCUT2D eigenvalue weighted by Gasteiger charge is 2.49. The molecule has 0 bridgehead atoms. The number of hydrogen-bond donors (Lipinski definition) is 0. The first-order chi connectivity index (χ1) is 8.80. The van der Waals surface area contributed by atoms with Crippen LogP contribution >= 0.6 is 19.5 Å². The van der Waals surface area contributed by atoms with E-state index in [1.807, 2.05) is 66.6 Å². The van der Waals surface area contributed by atoms with Crippen molar-refractivity contribution in [1.29, 1.82) is 0 Å². The summed E-state index contributed by atoms with van der Waals surface area (Å²) in [6, 6.07) is 7.36. The van der Waals surface area contributed by atoms with Gasteiger partial charge in [0.15, 0.2) is 0 Å². The second-order valence-electron chi connectivity index (χ2n) is 4.74. The van der Waals surface area contributed by atoms with Crippen LogP contribution in [0.15, 0.2) is 34.3 Å². The summed E-state index contributed by atoms with van der Waals surface area (Å²) in [6.45, 7) is 0. The average molecular weight is 303 g/mol. The quantitative estimate of drug-likeness (QED) is 0.613. The van der Waals surface area contributed by atoms with Crippen LogP contribution in [0.25, 0.3) is 0 Å². The molecule has 0 unspecified atom stereocenters. The van der Waals surface area contributed by atoms with Gasteiger partial charge in [-0.2, -0.15) is 0 Å². The molecular formula is C12H22ClN5P+. The van der Waals surface area contributed by atoms with Crippen LogP contribution in [0.3, 0.4) is 0 Å². The van der Waals surface area contributed by atoms with Gasteiger partial charge >= 0.3 is 7.87 Å². The summed E-state index contributed by atoms with van der Waals surface area (Å²) < 4.78 is 6.35. The van der Waals surface area contributed by atoms with Gasteiger partial charge in [0.2, 0.25) is 0 Å². The molecule has 1 rings (SSSR count). The Balaban J connectivity index is 3.10. The zero-order chi connectivity index (χ0) is 14.6. The summed E-state index contributed by atoms with van der Waals surface area (Å²) in [5.74, 6) is 0. The maximum atomic E-state index is 5.86. The monoisotopic (exact) mass is 302 g/mol. The minimum absolute atomic E-state index is 0.702. The second-order valence-corrected chi connectivity index (χ2v) is 8.83. The predicted octanol–water partition coefficient (Wildman–Crippen LogP) is 3.79. The van der Waals surface area contributed by atoms with Gasteiger partial charge in [-0.3, -0.25) is 0 Å². The molecule has 0 radical (unpaired) electrons. The third-order valence-corrected chi connectivity index (χ3v) is 6.52. The molecule has 0 aromatic heterocycles. The Kier molecular flexibility index (Phi) is 5.83. The molecule has 1 aromatic rings. The van der Waals surface area contributed by atoms with Gasteiger partial charge in [0, 0.05) is 52.2 Å². The summed E-state index contributed by atoms with van der Waals surface area (Å²) in [7, 11) is 10.2. The van der Waals surface area contributed by atoms with Crippen molar-refractivity contribution in [3.05, 3.63) is 29.3 Å². The zero-order valence-electron chi connectivity index (χ0n) is 12.4. The van der Waals surface area contributed by atoms with E-state index >= 15 is 0 Å². The van der Waals surface area contributed by atoms with Gasteiger partial charge in [0.05, 0.1) is 5.69 Å². The van der Waals surface area contributed by atoms with E-state index in [4.69, 9.17) is 11.6 Å². The number of halogens is 1. The topological polar surface area (TPSA) is 34.4 Å². The Bertz CT molecular complexity index is 408. The first-order valence-electron chi connectivity index (χ1n) is 5.92. The Hall–Kier alpha value is -0.580. The molecule has 0 saturated carbocycles. The van der Waals surface area contributed by atoms with Crippen molar-refractivity contribution < 1.29 is 0 Å². The fourth-order valence-corrected chi connectivity index (χ4v) is 4.91. The van der Waals surface area contributed by atoms with Crippen LogP contribution in [-0.4, -0.2) is 56.3 Å². The van der Waals surface area contributed by atoms with E-state index in [9.17, 15) is 0 Å². The number of benzene rings is 1. The lowest BCUT2D eigenvalue weighted by Crippen LogP contribution is -2.34. The summed E-state index contributed by atoms with van der Waals surface area (Å²) in [5.41, 5.74) is 0.805. The van der Waals surface area contributed by atoms with Crippen molar-refractivity contribution in [3.8, 4) is 0 Å². The molecule has 7 heteroatoms. The maximum absolute atomic E-state index is 5.86. The van der Waals surface area contributed by atoms with Crippen LogP contribution < -0.4 is 0 Å². The van der Waals surface area contributed by atoms with Gasteiger partial charge in [-0.15, -0.1) is 19.1 Å². The zero-order valence-corrected chi connectivity index (χ0v) is 14.0. The fraction of sp³-hybridized carbons (Fsp3) is 0.500. The third-order valence-electron chi connectivity index (χ3n) is 2.72. The van der Waals surface area contributed by atoms with Crippen LogP contribution in [-0.2, 0) is 0 Å². The molecule has 19 heavy (non-hydrogen) atoms. The van der Waals surface area contributed by atoms with E-state index in [-0.39, 0.29) is 0 Å². The number of hydrogen-bond acceptors (Lipinski definition) is 5. The normalized spacial score (nSPS) is 13.2.